The fourth-order valence-corrected chi connectivity index (χ4v) is 3.42. The van der Waals surface area contributed by atoms with Crippen molar-refractivity contribution < 1.29 is 19.1 Å². The summed E-state index contributed by atoms with van der Waals surface area (Å²) in [4.78, 5) is 36.1. The molecule has 2 aromatic carbocycles. The molecule has 30 heavy (non-hydrogen) atoms. The molecule has 2 amide bonds. The summed E-state index contributed by atoms with van der Waals surface area (Å²) in [6, 6.07) is 13.1. The molecule has 6 heteroatoms. The van der Waals surface area contributed by atoms with Crippen LogP contribution in [0, 0.1) is 0 Å². The van der Waals surface area contributed by atoms with Crippen LogP contribution in [0.2, 0.25) is 0 Å². The van der Waals surface area contributed by atoms with Gasteiger partial charge in [0.15, 0.2) is 6.61 Å². The number of benzene rings is 2. The van der Waals surface area contributed by atoms with Gasteiger partial charge in [0, 0.05) is 11.3 Å². The maximum absolute atomic E-state index is 12.2. The van der Waals surface area contributed by atoms with Crippen LogP contribution in [0.25, 0.3) is 0 Å². The number of nitrogens with one attached hydrogen (secondary N) is 2. The first-order valence-electron chi connectivity index (χ1n) is 10.2. The molecule has 0 aromatic heterocycles. The van der Waals surface area contributed by atoms with Crippen molar-refractivity contribution in [2.45, 2.75) is 45.4 Å². The molecule has 0 bridgehead atoms. The van der Waals surface area contributed by atoms with Gasteiger partial charge in [0.1, 0.15) is 6.54 Å². The van der Waals surface area contributed by atoms with Crippen LogP contribution in [-0.4, -0.2) is 30.9 Å². The highest BCUT2D eigenvalue weighted by atomic mass is 16.5. The number of ether oxygens (including phenoxy) is 1. The van der Waals surface area contributed by atoms with Gasteiger partial charge in [0.2, 0.25) is 0 Å². The second-order valence-corrected chi connectivity index (χ2v) is 8.56. The summed E-state index contributed by atoms with van der Waals surface area (Å²) in [7, 11) is 0. The lowest BCUT2D eigenvalue weighted by Gasteiger charge is -2.19. The molecule has 1 aliphatic rings. The topological polar surface area (TPSA) is 84.5 Å². The summed E-state index contributed by atoms with van der Waals surface area (Å²) in [6.07, 6.45) is 3.23. The van der Waals surface area contributed by atoms with Crippen molar-refractivity contribution in [3.63, 3.8) is 0 Å². The Morgan fingerprint density at radius 2 is 1.67 bits per heavy atom. The Labute approximate surface area is 177 Å². The normalized spacial score (nSPS) is 12.8. The zero-order valence-corrected chi connectivity index (χ0v) is 17.7. The summed E-state index contributed by atoms with van der Waals surface area (Å²) in [6.45, 7) is 5.59. The van der Waals surface area contributed by atoms with Gasteiger partial charge < -0.3 is 15.4 Å². The third-order valence-corrected chi connectivity index (χ3v) is 5.15. The largest absolute Gasteiger partial charge is 0.454 e. The van der Waals surface area contributed by atoms with Gasteiger partial charge in [-0.3, -0.25) is 14.4 Å². The van der Waals surface area contributed by atoms with Crippen LogP contribution in [0.5, 0.6) is 0 Å². The highest BCUT2D eigenvalue weighted by molar-refractivity contribution is 5.96. The lowest BCUT2D eigenvalue weighted by molar-refractivity contribution is -0.146. The zero-order valence-electron chi connectivity index (χ0n) is 17.7. The predicted molar refractivity (Wildman–Crippen MR) is 116 cm³/mol. The third kappa shape index (κ3) is 5.69. The van der Waals surface area contributed by atoms with E-state index in [4.69, 9.17) is 4.74 Å². The Balaban J connectivity index is 1.41. The van der Waals surface area contributed by atoms with Crippen LogP contribution in [0.3, 0.4) is 0 Å². The molecule has 6 nitrogen and oxygen atoms in total. The Bertz CT molecular complexity index is 943. The number of rotatable bonds is 6. The second kappa shape index (κ2) is 9.11. The lowest BCUT2D eigenvalue weighted by Crippen LogP contribution is -2.32. The molecule has 158 valence electrons. The van der Waals surface area contributed by atoms with E-state index >= 15 is 0 Å². The van der Waals surface area contributed by atoms with Gasteiger partial charge in [-0.1, -0.05) is 39.0 Å². The molecular formula is C24H28N2O4. The molecule has 0 spiro atoms. The highest BCUT2D eigenvalue weighted by Crippen LogP contribution is 2.25. The lowest BCUT2D eigenvalue weighted by atomic mass is 9.87. The predicted octanol–water partition coefficient (Wildman–Crippen LogP) is 3.38. The molecule has 0 unspecified atom stereocenters. The SMILES string of the molecule is CC(C)(C)c1ccc(C(=O)NCC(=O)OCC(=O)Nc2ccc3c(c2)CCC3)cc1. The third-order valence-electron chi connectivity index (χ3n) is 5.15. The first kappa shape index (κ1) is 21.6. The molecule has 2 aromatic rings. The standard InChI is InChI=1S/C24H28N2O4/c1-24(2,3)19-10-7-17(8-11-19)23(29)25-14-22(28)30-15-21(27)26-20-12-9-16-5-4-6-18(16)13-20/h7-13H,4-6,14-15H2,1-3H3,(H,25,29)(H,26,27). The summed E-state index contributed by atoms with van der Waals surface area (Å²) >= 11 is 0. The van der Waals surface area contributed by atoms with Crippen LogP contribution in [0.1, 0.15) is 54.2 Å². The molecule has 0 saturated carbocycles. The molecule has 0 radical (unpaired) electrons. The van der Waals surface area contributed by atoms with Gasteiger partial charge >= 0.3 is 5.97 Å². The quantitative estimate of drug-likeness (QED) is 0.718. The number of hydrogen-bond acceptors (Lipinski definition) is 4. The van der Waals surface area contributed by atoms with Crippen molar-refractivity contribution >= 4 is 23.5 Å². The zero-order chi connectivity index (χ0) is 21.7. The average Bonchev–Trinajstić information content (AvgIpc) is 3.17. The molecule has 2 N–H and O–H groups in total. The van der Waals surface area contributed by atoms with Crippen LogP contribution in [-0.2, 0) is 32.6 Å². The van der Waals surface area contributed by atoms with E-state index in [0.717, 1.165) is 24.8 Å². The average molecular weight is 408 g/mol. The summed E-state index contributed by atoms with van der Waals surface area (Å²) in [5.74, 6) is -1.45. The first-order chi connectivity index (χ1) is 14.2. The van der Waals surface area contributed by atoms with E-state index in [1.807, 2.05) is 30.3 Å². The number of esters is 1. The van der Waals surface area contributed by atoms with E-state index in [1.54, 1.807) is 12.1 Å². The smallest absolute Gasteiger partial charge is 0.325 e. The van der Waals surface area contributed by atoms with Gasteiger partial charge in [-0.2, -0.15) is 0 Å². The van der Waals surface area contributed by atoms with Gasteiger partial charge in [-0.15, -0.1) is 0 Å². The van der Waals surface area contributed by atoms with Gasteiger partial charge in [-0.05, 0) is 65.6 Å². The maximum atomic E-state index is 12.2. The van der Waals surface area contributed by atoms with Crippen molar-refractivity contribution in [1.82, 2.24) is 5.32 Å². The van der Waals surface area contributed by atoms with E-state index in [-0.39, 0.29) is 17.9 Å². The number of fused-ring (bicyclic) bond motifs is 1. The van der Waals surface area contributed by atoms with Crippen LogP contribution in [0.15, 0.2) is 42.5 Å². The minimum absolute atomic E-state index is 0.000811. The van der Waals surface area contributed by atoms with Crippen molar-refractivity contribution in [3.8, 4) is 0 Å². The molecule has 3 rings (SSSR count). The van der Waals surface area contributed by atoms with Crippen LogP contribution < -0.4 is 10.6 Å². The van der Waals surface area contributed by atoms with Crippen LogP contribution >= 0.6 is 0 Å². The van der Waals surface area contributed by atoms with Crippen molar-refractivity contribution in [1.29, 1.82) is 0 Å². The monoisotopic (exact) mass is 408 g/mol. The fraction of sp³-hybridized carbons (Fsp3) is 0.375. The maximum Gasteiger partial charge on any atom is 0.325 e. The van der Waals surface area contributed by atoms with E-state index in [9.17, 15) is 14.4 Å². The molecule has 0 heterocycles. The number of carbonyl (C=O) groups excluding carboxylic acids is 3. The summed E-state index contributed by atoms with van der Waals surface area (Å²) < 4.78 is 4.95. The highest BCUT2D eigenvalue weighted by Gasteiger charge is 2.16. The van der Waals surface area contributed by atoms with Gasteiger partial charge in [0.05, 0.1) is 0 Å². The Morgan fingerprint density at radius 1 is 0.967 bits per heavy atom. The first-order valence-corrected chi connectivity index (χ1v) is 10.2. The molecule has 0 aliphatic heterocycles. The number of amides is 2. The van der Waals surface area contributed by atoms with E-state index in [2.05, 4.69) is 31.4 Å². The van der Waals surface area contributed by atoms with Crippen molar-refractivity contribution in [3.05, 3.63) is 64.7 Å². The van der Waals surface area contributed by atoms with Crippen LogP contribution in [0.4, 0.5) is 5.69 Å². The number of carbonyl (C=O) groups is 3. The van der Waals surface area contributed by atoms with E-state index < -0.39 is 18.5 Å². The van der Waals surface area contributed by atoms with Gasteiger partial charge in [0.25, 0.3) is 11.8 Å². The Morgan fingerprint density at radius 3 is 2.37 bits per heavy atom. The summed E-state index contributed by atoms with van der Waals surface area (Å²) in [5, 5.41) is 5.24. The number of anilines is 1. The molecule has 0 saturated heterocycles. The van der Waals surface area contributed by atoms with Gasteiger partial charge in [-0.25, -0.2) is 0 Å². The number of aryl methyl sites for hydroxylation is 2. The van der Waals surface area contributed by atoms with E-state index in [1.165, 1.54) is 11.1 Å². The molecular weight excluding hydrogens is 380 g/mol. The molecule has 0 atom stereocenters. The van der Waals surface area contributed by atoms with Crippen molar-refractivity contribution in [2.75, 3.05) is 18.5 Å². The number of hydrogen-bond donors (Lipinski definition) is 2. The van der Waals surface area contributed by atoms with E-state index in [0.29, 0.717) is 11.3 Å². The Kier molecular flexibility index (Phi) is 6.55. The minimum Gasteiger partial charge on any atom is -0.454 e. The van der Waals surface area contributed by atoms with Crippen molar-refractivity contribution in [2.24, 2.45) is 0 Å². The molecule has 1 aliphatic carbocycles. The fourth-order valence-electron chi connectivity index (χ4n) is 3.42. The second-order valence-electron chi connectivity index (χ2n) is 8.56. The Hall–Kier alpha value is -3.15. The summed E-state index contributed by atoms with van der Waals surface area (Å²) in [5.41, 5.74) is 4.85. The molecule has 0 fully saturated rings. The minimum atomic E-state index is -0.668.